The van der Waals surface area contributed by atoms with Crippen molar-refractivity contribution in [1.29, 1.82) is 0 Å². The van der Waals surface area contributed by atoms with Crippen molar-refractivity contribution in [3.05, 3.63) is 77.6 Å². The third-order valence-electron chi connectivity index (χ3n) is 7.12. The van der Waals surface area contributed by atoms with Gasteiger partial charge >= 0.3 is 0 Å². The number of benzene rings is 2. The van der Waals surface area contributed by atoms with Crippen molar-refractivity contribution in [2.45, 2.75) is 49.5 Å². The van der Waals surface area contributed by atoms with Gasteiger partial charge in [0.15, 0.2) is 21.4 Å². The van der Waals surface area contributed by atoms with Crippen molar-refractivity contribution < 1.29 is 26.7 Å². The number of hydrogen-bond donors (Lipinski definition) is 0. The molecule has 0 aliphatic heterocycles. The Balaban J connectivity index is 1.54. The Labute approximate surface area is 221 Å². The fraction of sp³-hybridized carbons (Fsp3) is 0.357. The molecule has 2 atom stereocenters. The van der Waals surface area contributed by atoms with Gasteiger partial charge in [0.2, 0.25) is 5.82 Å². The van der Waals surface area contributed by atoms with Crippen LogP contribution in [0, 0.1) is 12.7 Å². The van der Waals surface area contributed by atoms with Crippen LogP contribution in [0.4, 0.5) is 4.39 Å². The van der Waals surface area contributed by atoms with Gasteiger partial charge in [-0.1, -0.05) is 24.6 Å². The molecule has 1 fully saturated rings. The topological polar surface area (TPSA) is 96.5 Å². The van der Waals surface area contributed by atoms with E-state index in [1.807, 2.05) is 13.0 Å². The number of ether oxygens (including phenoxy) is 2. The summed E-state index contributed by atoms with van der Waals surface area (Å²) in [5.41, 5.74) is 1.45. The van der Waals surface area contributed by atoms with Gasteiger partial charge in [-0.05, 0) is 74.1 Å². The summed E-state index contributed by atoms with van der Waals surface area (Å²) < 4.78 is 59.8. The zero-order chi connectivity index (χ0) is 26.9. The Kier molecular flexibility index (Phi) is 7.25. The van der Waals surface area contributed by atoms with E-state index in [-0.39, 0.29) is 23.3 Å². The lowest BCUT2D eigenvalue weighted by molar-refractivity contribution is 0.390. The highest BCUT2D eigenvalue weighted by Crippen LogP contribution is 2.39. The molecule has 0 radical (unpaired) electrons. The maximum absolute atomic E-state index is 13.8. The molecule has 0 amide bonds. The smallest absolute Gasteiger partial charge is 0.204 e. The van der Waals surface area contributed by atoms with Crippen LogP contribution >= 0.6 is 0 Å². The SMILES string of the molecule is COc1cccc(OC)c1-n1c(CS(=O)(=O)[C@H]2CCC[C@@H](c3ccc(F)cc3)C2)nnc1-c1ccc(C)o1. The van der Waals surface area contributed by atoms with E-state index in [9.17, 15) is 12.8 Å². The van der Waals surface area contributed by atoms with Crippen molar-refractivity contribution in [2.24, 2.45) is 0 Å². The number of hydrogen-bond acceptors (Lipinski definition) is 7. The first-order valence-electron chi connectivity index (χ1n) is 12.5. The van der Waals surface area contributed by atoms with Crippen molar-refractivity contribution in [2.75, 3.05) is 14.2 Å². The molecule has 0 unspecified atom stereocenters. The Hall–Kier alpha value is -3.66. The number of sulfone groups is 1. The van der Waals surface area contributed by atoms with Crippen molar-refractivity contribution in [1.82, 2.24) is 14.8 Å². The molecular formula is C28H30FN3O5S. The van der Waals surface area contributed by atoms with Gasteiger partial charge < -0.3 is 13.9 Å². The average molecular weight is 540 g/mol. The number of methoxy groups -OCH3 is 2. The highest BCUT2D eigenvalue weighted by Gasteiger charge is 2.35. The number of nitrogens with zero attached hydrogens (tertiary/aromatic N) is 3. The number of halogens is 1. The minimum Gasteiger partial charge on any atom is -0.494 e. The first-order valence-corrected chi connectivity index (χ1v) is 14.2. The largest absolute Gasteiger partial charge is 0.494 e. The fourth-order valence-corrected chi connectivity index (χ4v) is 7.05. The van der Waals surface area contributed by atoms with Crippen LogP contribution in [0.1, 0.15) is 48.7 Å². The van der Waals surface area contributed by atoms with E-state index in [0.29, 0.717) is 47.4 Å². The van der Waals surface area contributed by atoms with Crippen LogP contribution in [0.15, 0.2) is 59.0 Å². The van der Waals surface area contributed by atoms with Crippen LogP contribution in [0.25, 0.3) is 17.3 Å². The maximum atomic E-state index is 13.8. The lowest BCUT2D eigenvalue weighted by Gasteiger charge is -2.29. The monoisotopic (exact) mass is 539 g/mol. The molecule has 0 bridgehead atoms. The molecule has 1 aliphatic rings. The minimum absolute atomic E-state index is 0.0537. The number of furan rings is 1. The number of aryl methyl sites for hydroxylation is 1. The average Bonchev–Trinajstić information content (AvgIpc) is 3.54. The molecule has 38 heavy (non-hydrogen) atoms. The van der Waals surface area contributed by atoms with Crippen molar-refractivity contribution in [3.8, 4) is 28.8 Å². The number of rotatable bonds is 8. The summed E-state index contributed by atoms with van der Waals surface area (Å²) in [6.07, 6.45) is 2.69. The lowest BCUT2D eigenvalue weighted by Crippen LogP contribution is -2.29. The lowest BCUT2D eigenvalue weighted by atomic mass is 9.84. The molecule has 2 heterocycles. The van der Waals surface area contributed by atoms with E-state index in [1.54, 1.807) is 41.0 Å². The minimum atomic E-state index is -3.63. The molecule has 1 saturated carbocycles. The summed E-state index contributed by atoms with van der Waals surface area (Å²) in [4.78, 5) is 0. The standard InChI is InChI=1S/C28H30FN3O5S/c1-18-10-15-25(37-18)28-31-30-26(32(28)27-23(35-2)8-5-9-24(27)36-3)17-38(33,34)22-7-4-6-20(16-22)19-11-13-21(29)14-12-19/h5,8-15,20,22H,4,6-7,16-17H2,1-3H3/t20-,22+/m1/s1. The first kappa shape index (κ1) is 26.0. The fourth-order valence-electron chi connectivity index (χ4n) is 5.22. The quantitative estimate of drug-likeness (QED) is 0.286. The van der Waals surface area contributed by atoms with Crippen LogP contribution in [0.5, 0.6) is 11.5 Å². The van der Waals surface area contributed by atoms with Gasteiger partial charge in [0, 0.05) is 0 Å². The van der Waals surface area contributed by atoms with Gasteiger partial charge in [0.05, 0.1) is 19.5 Å². The van der Waals surface area contributed by atoms with Gasteiger partial charge in [-0.3, -0.25) is 4.57 Å². The summed E-state index contributed by atoms with van der Waals surface area (Å²) in [5, 5.41) is 8.10. The molecule has 0 N–H and O–H groups in total. The number of aromatic nitrogens is 3. The molecule has 0 saturated heterocycles. The van der Waals surface area contributed by atoms with Crippen molar-refractivity contribution in [3.63, 3.8) is 0 Å². The molecular weight excluding hydrogens is 509 g/mol. The number of para-hydroxylation sites is 1. The highest BCUT2D eigenvalue weighted by molar-refractivity contribution is 7.91. The normalized spacial score (nSPS) is 17.9. The Morgan fingerprint density at radius 2 is 1.71 bits per heavy atom. The zero-order valence-electron chi connectivity index (χ0n) is 21.6. The molecule has 0 spiro atoms. The van der Waals surface area contributed by atoms with Crippen LogP contribution in [0.2, 0.25) is 0 Å². The third kappa shape index (κ3) is 5.05. The second kappa shape index (κ2) is 10.6. The van der Waals surface area contributed by atoms with E-state index in [4.69, 9.17) is 13.9 Å². The molecule has 4 aromatic rings. The Bertz CT molecular complexity index is 1510. The summed E-state index contributed by atoms with van der Waals surface area (Å²) in [7, 11) is -0.558. The van der Waals surface area contributed by atoms with Crippen LogP contribution in [-0.2, 0) is 15.6 Å². The van der Waals surface area contributed by atoms with Gasteiger partial charge in [-0.2, -0.15) is 0 Å². The molecule has 2 aromatic carbocycles. The van der Waals surface area contributed by atoms with Gasteiger partial charge in [0.1, 0.15) is 34.5 Å². The predicted octanol–water partition coefficient (Wildman–Crippen LogP) is 5.63. The Morgan fingerprint density at radius 1 is 1.00 bits per heavy atom. The maximum Gasteiger partial charge on any atom is 0.204 e. The summed E-state index contributed by atoms with van der Waals surface area (Å²) in [5.74, 6) is 2.09. The highest BCUT2D eigenvalue weighted by atomic mass is 32.2. The van der Waals surface area contributed by atoms with E-state index in [0.717, 1.165) is 18.4 Å². The van der Waals surface area contributed by atoms with E-state index < -0.39 is 15.1 Å². The molecule has 1 aliphatic carbocycles. The summed E-state index contributed by atoms with van der Waals surface area (Å²) in [6.45, 7) is 1.82. The second-order valence-electron chi connectivity index (χ2n) is 9.54. The van der Waals surface area contributed by atoms with Gasteiger partial charge in [-0.25, -0.2) is 12.8 Å². The van der Waals surface area contributed by atoms with E-state index in [1.165, 1.54) is 26.4 Å². The molecule has 5 rings (SSSR count). The zero-order valence-corrected chi connectivity index (χ0v) is 22.4. The van der Waals surface area contributed by atoms with Crippen LogP contribution < -0.4 is 9.47 Å². The Morgan fingerprint density at radius 3 is 2.34 bits per heavy atom. The third-order valence-corrected chi connectivity index (χ3v) is 9.23. The molecule has 8 nitrogen and oxygen atoms in total. The molecule has 2 aromatic heterocycles. The molecule has 10 heteroatoms. The summed E-state index contributed by atoms with van der Waals surface area (Å²) >= 11 is 0. The predicted molar refractivity (Wildman–Crippen MR) is 141 cm³/mol. The first-order chi connectivity index (χ1) is 18.3. The van der Waals surface area contributed by atoms with Gasteiger partial charge in [-0.15, -0.1) is 10.2 Å². The van der Waals surface area contributed by atoms with Crippen LogP contribution in [-0.4, -0.2) is 42.7 Å². The summed E-state index contributed by atoms with van der Waals surface area (Å²) in [6, 6.07) is 15.2. The second-order valence-corrected chi connectivity index (χ2v) is 11.8. The van der Waals surface area contributed by atoms with Crippen molar-refractivity contribution >= 4 is 9.84 Å². The van der Waals surface area contributed by atoms with E-state index in [2.05, 4.69) is 10.2 Å². The van der Waals surface area contributed by atoms with Crippen LogP contribution in [0.3, 0.4) is 0 Å². The van der Waals surface area contributed by atoms with E-state index >= 15 is 0 Å². The molecule has 200 valence electrons. The van der Waals surface area contributed by atoms with Gasteiger partial charge in [0.25, 0.3) is 0 Å².